The molecule has 21 heavy (non-hydrogen) atoms. The number of para-hydroxylation sites is 1. The van der Waals surface area contributed by atoms with Gasteiger partial charge in [-0.05, 0) is 17.7 Å². The molecule has 1 N–H and O–H groups in total. The Morgan fingerprint density at radius 3 is 2.43 bits per heavy atom. The van der Waals surface area contributed by atoms with Crippen molar-refractivity contribution < 1.29 is 9.90 Å². The highest BCUT2D eigenvalue weighted by atomic mass is 16.4. The molecule has 2 aromatic carbocycles. The first kappa shape index (κ1) is 13.3. The van der Waals surface area contributed by atoms with Crippen molar-refractivity contribution in [3.8, 4) is 0 Å². The lowest BCUT2D eigenvalue weighted by molar-refractivity contribution is -0.138. The summed E-state index contributed by atoms with van der Waals surface area (Å²) < 4.78 is 0. The summed E-state index contributed by atoms with van der Waals surface area (Å²) in [5.41, 5.74) is 2.50. The van der Waals surface area contributed by atoms with Crippen molar-refractivity contribution in [3.05, 3.63) is 78.0 Å². The van der Waals surface area contributed by atoms with E-state index in [2.05, 4.69) is 4.98 Å². The molecule has 3 rings (SSSR count). The van der Waals surface area contributed by atoms with Crippen LogP contribution in [-0.4, -0.2) is 16.1 Å². The highest BCUT2D eigenvalue weighted by Crippen LogP contribution is 2.22. The van der Waals surface area contributed by atoms with Crippen molar-refractivity contribution >= 4 is 16.9 Å². The van der Waals surface area contributed by atoms with Gasteiger partial charge in [0.2, 0.25) is 0 Å². The van der Waals surface area contributed by atoms with E-state index in [0.717, 1.165) is 22.2 Å². The molecule has 3 aromatic rings. The average Bonchev–Trinajstić information content (AvgIpc) is 2.53. The predicted molar refractivity (Wildman–Crippen MR) is 82.3 cm³/mol. The summed E-state index contributed by atoms with van der Waals surface area (Å²) in [6.45, 7) is 0. The van der Waals surface area contributed by atoms with Crippen LogP contribution in [0, 0.1) is 0 Å². The van der Waals surface area contributed by atoms with Gasteiger partial charge in [0.1, 0.15) is 0 Å². The van der Waals surface area contributed by atoms with Crippen molar-refractivity contribution in [2.45, 2.75) is 12.3 Å². The zero-order chi connectivity index (χ0) is 14.7. The number of rotatable bonds is 4. The number of aliphatic carboxylic acids is 1. The number of nitrogens with zero attached hydrogens (tertiary/aromatic N) is 1. The lowest BCUT2D eigenvalue weighted by atomic mass is 9.94. The summed E-state index contributed by atoms with van der Waals surface area (Å²) in [5.74, 6) is -1.39. The Morgan fingerprint density at radius 2 is 1.67 bits per heavy atom. The van der Waals surface area contributed by atoms with E-state index in [9.17, 15) is 9.90 Å². The number of hydrogen-bond donors (Lipinski definition) is 1. The maximum Gasteiger partial charge on any atom is 0.311 e. The Morgan fingerprint density at radius 1 is 0.952 bits per heavy atom. The summed E-state index contributed by atoms with van der Waals surface area (Å²) in [7, 11) is 0. The van der Waals surface area contributed by atoms with Crippen molar-refractivity contribution in [2.24, 2.45) is 0 Å². The van der Waals surface area contributed by atoms with Crippen LogP contribution in [0.15, 0.2) is 66.7 Å². The number of aromatic nitrogens is 1. The van der Waals surface area contributed by atoms with E-state index >= 15 is 0 Å². The predicted octanol–water partition coefficient (Wildman–Crippen LogP) is 3.65. The van der Waals surface area contributed by atoms with Gasteiger partial charge >= 0.3 is 5.97 Å². The molecule has 0 saturated carbocycles. The molecule has 0 aliphatic heterocycles. The molecular weight excluding hydrogens is 262 g/mol. The molecular formula is C18H15NO2. The number of carboxylic acids is 1. The largest absolute Gasteiger partial charge is 0.481 e. The van der Waals surface area contributed by atoms with Gasteiger partial charge in [0.05, 0.1) is 11.4 Å². The van der Waals surface area contributed by atoms with E-state index in [1.807, 2.05) is 66.7 Å². The molecule has 104 valence electrons. The number of benzene rings is 2. The maximum atomic E-state index is 11.5. The molecule has 0 fully saturated rings. The second kappa shape index (κ2) is 5.75. The van der Waals surface area contributed by atoms with Gasteiger partial charge in [0, 0.05) is 17.5 Å². The first-order chi connectivity index (χ1) is 10.2. The van der Waals surface area contributed by atoms with Crippen LogP contribution in [0.2, 0.25) is 0 Å². The fourth-order valence-corrected chi connectivity index (χ4v) is 2.46. The summed E-state index contributed by atoms with van der Waals surface area (Å²) >= 11 is 0. The molecule has 0 aliphatic carbocycles. The lowest BCUT2D eigenvalue weighted by Gasteiger charge is -2.12. The van der Waals surface area contributed by atoms with Gasteiger partial charge in [-0.3, -0.25) is 9.78 Å². The monoisotopic (exact) mass is 277 g/mol. The Balaban J connectivity index is 1.93. The Hall–Kier alpha value is -2.68. The minimum atomic E-state index is -0.823. The van der Waals surface area contributed by atoms with Crippen LogP contribution in [0.4, 0.5) is 0 Å². The fraction of sp³-hybridized carbons (Fsp3) is 0.111. The molecule has 0 aliphatic rings. The van der Waals surface area contributed by atoms with Crippen LogP contribution in [0.1, 0.15) is 17.2 Å². The van der Waals surface area contributed by atoms with E-state index in [4.69, 9.17) is 0 Å². The molecule has 1 aromatic heterocycles. The first-order valence-corrected chi connectivity index (χ1v) is 6.86. The number of carboxylic acid groups (broad SMARTS) is 1. The van der Waals surface area contributed by atoms with Crippen LogP contribution in [0.25, 0.3) is 10.9 Å². The standard InChI is InChI=1S/C18H15NO2/c20-18(21)16(13-6-2-1-3-7-13)12-15-11-10-14-8-4-5-9-17(14)19-15/h1-11,16H,12H2,(H,20,21). The Labute approximate surface area is 122 Å². The van der Waals surface area contributed by atoms with Crippen LogP contribution in [0.5, 0.6) is 0 Å². The average molecular weight is 277 g/mol. The van der Waals surface area contributed by atoms with E-state index in [1.165, 1.54) is 0 Å². The molecule has 1 atom stereocenters. The van der Waals surface area contributed by atoms with Gasteiger partial charge in [-0.25, -0.2) is 0 Å². The van der Waals surface area contributed by atoms with Gasteiger partial charge in [-0.15, -0.1) is 0 Å². The summed E-state index contributed by atoms with van der Waals surface area (Å²) in [6, 6.07) is 21.0. The van der Waals surface area contributed by atoms with E-state index in [-0.39, 0.29) is 0 Å². The van der Waals surface area contributed by atoms with Gasteiger partial charge in [-0.2, -0.15) is 0 Å². The van der Waals surface area contributed by atoms with Crippen molar-refractivity contribution in [1.82, 2.24) is 4.98 Å². The van der Waals surface area contributed by atoms with Gasteiger partial charge in [0.25, 0.3) is 0 Å². The third kappa shape index (κ3) is 2.92. The van der Waals surface area contributed by atoms with Crippen LogP contribution in [0.3, 0.4) is 0 Å². The molecule has 3 heteroatoms. The van der Waals surface area contributed by atoms with Crippen molar-refractivity contribution in [2.75, 3.05) is 0 Å². The van der Waals surface area contributed by atoms with Gasteiger partial charge in [-0.1, -0.05) is 54.6 Å². The highest BCUT2D eigenvalue weighted by Gasteiger charge is 2.20. The third-order valence-corrected chi connectivity index (χ3v) is 3.57. The van der Waals surface area contributed by atoms with Crippen LogP contribution < -0.4 is 0 Å². The normalized spacial score (nSPS) is 12.2. The maximum absolute atomic E-state index is 11.5. The SMILES string of the molecule is O=C(O)C(Cc1ccc2ccccc2n1)c1ccccc1. The number of pyridine rings is 1. The van der Waals surface area contributed by atoms with Gasteiger partial charge in [0.15, 0.2) is 0 Å². The molecule has 0 bridgehead atoms. The molecule has 0 spiro atoms. The molecule has 1 heterocycles. The molecule has 3 nitrogen and oxygen atoms in total. The summed E-state index contributed by atoms with van der Waals surface area (Å²) in [5, 5.41) is 10.5. The van der Waals surface area contributed by atoms with E-state index < -0.39 is 11.9 Å². The highest BCUT2D eigenvalue weighted by molar-refractivity contribution is 5.79. The topological polar surface area (TPSA) is 50.2 Å². The number of hydrogen-bond acceptors (Lipinski definition) is 2. The van der Waals surface area contributed by atoms with Crippen LogP contribution in [-0.2, 0) is 11.2 Å². The van der Waals surface area contributed by atoms with Crippen molar-refractivity contribution in [3.63, 3.8) is 0 Å². The Kier molecular flexibility index (Phi) is 3.65. The quantitative estimate of drug-likeness (QED) is 0.792. The van der Waals surface area contributed by atoms with E-state index in [1.54, 1.807) is 0 Å². The minimum Gasteiger partial charge on any atom is -0.481 e. The fourth-order valence-electron chi connectivity index (χ4n) is 2.46. The molecule has 1 unspecified atom stereocenters. The number of fused-ring (bicyclic) bond motifs is 1. The third-order valence-electron chi connectivity index (χ3n) is 3.57. The zero-order valence-corrected chi connectivity index (χ0v) is 11.4. The summed E-state index contributed by atoms with van der Waals surface area (Å²) in [4.78, 5) is 16.1. The molecule has 0 saturated heterocycles. The smallest absolute Gasteiger partial charge is 0.311 e. The summed E-state index contributed by atoms with van der Waals surface area (Å²) in [6.07, 6.45) is 0.393. The van der Waals surface area contributed by atoms with Crippen molar-refractivity contribution in [1.29, 1.82) is 0 Å². The second-order valence-electron chi connectivity index (χ2n) is 5.00. The van der Waals surface area contributed by atoms with Crippen LogP contribution >= 0.6 is 0 Å². The second-order valence-corrected chi connectivity index (χ2v) is 5.00. The first-order valence-electron chi connectivity index (χ1n) is 6.86. The molecule has 0 amide bonds. The lowest BCUT2D eigenvalue weighted by Crippen LogP contribution is -2.15. The zero-order valence-electron chi connectivity index (χ0n) is 11.4. The number of carbonyl (C=O) groups is 1. The molecule has 0 radical (unpaired) electrons. The van der Waals surface area contributed by atoms with Gasteiger partial charge < -0.3 is 5.11 Å². The minimum absolute atomic E-state index is 0.393. The Bertz CT molecular complexity index is 768. The van der Waals surface area contributed by atoms with E-state index in [0.29, 0.717) is 6.42 Å².